The lowest BCUT2D eigenvalue weighted by atomic mass is 9.95. The van der Waals surface area contributed by atoms with Gasteiger partial charge in [0.05, 0.1) is 5.60 Å². The molecule has 0 amide bonds. The van der Waals surface area contributed by atoms with Crippen LogP contribution in [0.4, 0.5) is 11.6 Å². The van der Waals surface area contributed by atoms with E-state index in [2.05, 4.69) is 31.1 Å². The molecule has 0 unspecified atom stereocenters. The van der Waals surface area contributed by atoms with Gasteiger partial charge in [-0.3, -0.25) is 0 Å². The maximum absolute atomic E-state index is 10.00. The zero-order valence-corrected chi connectivity index (χ0v) is 14.0. The fourth-order valence-corrected chi connectivity index (χ4v) is 2.11. The minimum atomic E-state index is -0.770. The number of nitrogens with zero attached hydrogens (tertiary/aromatic N) is 3. The Morgan fingerprint density at radius 1 is 1.15 bits per heavy atom. The summed E-state index contributed by atoms with van der Waals surface area (Å²) >= 11 is 0. The summed E-state index contributed by atoms with van der Waals surface area (Å²) in [7, 11) is 3.81. The van der Waals surface area contributed by atoms with Crippen molar-refractivity contribution in [1.82, 2.24) is 9.97 Å². The molecule has 0 saturated carbocycles. The van der Waals surface area contributed by atoms with Crippen LogP contribution < -0.4 is 10.2 Å². The molecule has 1 aromatic heterocycles. The highest BCUT2D eigenvalue weighted by atomic mass is 16.3. The normalized spacial score (nSPS) is 12.4. The van der Waals surface area contributed by atoms with Crippen molar-refractivity contribution in [2.24, 2.45) is 0 Å². The van der Waals surface area contributed by atoms with Gasteiger partial charge in [-0.1, -0.05) is 20.8 Å². The maximum Gasteiger partial charge on any atom is 0.138 e. The van der Waals surface area contributed by atoms with Crippen molar-refractivity contribution < 1.29 is 5.11 Å². The van der Waals surface area contributed by atoms with E-state index in [0.717, 1.165) is 23.0 Å². The average molecular weight is 280 g/mol. The molecule has 5 nitrogen and oxygen atoms in total. The van der Waals surface area contributed by atoms with Crippen LogP contribution in [0.1, 0.15) is 46.0 Å². The lowest BCUT2D eigenvalue weighted by Crippen LogP contribution is -2.37. The molecule has 0 atom stereocenters. The van der Waals surface area contributed by atoms with Gasteiger partial charge in [-0.05, 0) is 20.8 Å². The summed E-state index contributed by atoms with van der Waals surface area (Å²) < 4.78 is 0. The second-order valence-electron chi connectivity index (χ2n) is 7.01. The molecule has 1 heterocycles. The Bertz CT molecular complexity index is 472. The summed E-state index contributed by atoms with van der Waals surface area (Å²) in [5.74, 6) is 2.49. The monoisotopic (exact) mass is 280 g/mol. The standard InChI is InChI=1S/C15H28N4O/c1-10-11(16-7)17-13(14(2,3)4)18-12(10)19(8)9-15(5,6)20/h20H,9H2,1-8H3,(H,16,17,18). The van der Waals surface area contributed by atoms with Gasteiger partial charge in [-0.15, -0.1) is 0 Å². The first kappa shape index (κ1) is 16.7. The zero-order chi connectivity index (χ0) is 15.7. The minimum absolute atomic E-state index is 0.121. The van der Waals surface area contributed by atoms with Gasteiger partial charge in [0, 0.05) is 31.6 Å². The summed E-state index contributed by atoms with van der Waals surface area (Å²) in [6, 6.07) is 0. The van der Waals surface area contributed by atoms with Crippen LogP contribution in [0.15, 0.2) is 0 Å². The zero-order valence-electron chi connectivity index (χ0n) is 14.0. The first-order valence-electron chi connectivity index (χ1n) is 6.96. The van der Waals surface area contributed by atoms with Crippen molar-refractivity contribution in [2.75, 3.05) is 30.9 Å². The smallest absolute Gasteiger partial charge is 0.138 e. The molecule has 2 N–H and O–H groups in total. The van der Waals surface area contributed by atoms with Gasteiger partial charge in [0.2, 0.25) is 0 Å². The van der Waals surface area contributed by atoms with Gasteiger partial charge in [0.25, 0.3) is 0 Å². The molecule has 0 fully saturated rings. The van der Waals surface area contributed by atoms with Gasteiger partial charge in [-0.2, -0.15) is 0 Å². The van der Waals surface area contributed by atoms with E-state index in [1.54, 1.807) is 13.8 Å². The van der Waals surface area contributed by atoms with Gasteiger partial charge in [0.15, 0.2) is 0 Å². The van der Waals surface area contributed by atoms with Crippen molar-refractivity contribution in [2.45, 2.75) is 52.6 Å². The fraction of sp³-hybridized carbons (Fsp3) is 0.733. The molecule has 0 radical (unpaired) electrons. The fourth-order valence-electron chi connectivity index (χ4n) is 2.11. The number of aromatic nitrogens is 2. The van der Waals surface area contributed by atoms with Crippen LogP contribution in [0.3, 0.4) is 0 Å². The Hall–Kier alpha value is -1.36. The molecule has 0 saturated heterocycles. The summed E-state index contributed by atoms with van der Waals surface area (Å²) in [4.78, 5) is 11.3. The second-order valence-corrected chi connectivity index (χ2v) is 7.01. The molecule has 5 heteroatoms. The van der Waals surface area contributed by atoms with Crippen LogP contribution in [0.2, 0.25) is 0 Å². The Balaban J connectivity index is 3.31. The quantitative estimate of drug-likeness (QED) is 0.886. The molecule has 0 aliphatic rings. The predicted octanol–water partition coefficient (Wildman–Crippen LogP) is 2.33. The van der Waals surface area contributed by atoms with E-state index in [9.17, 15) is 5.11 Å². The average Bonchev–Trinajstić information content (AvgIpc) is 2.25. The van der Waals surface area contributed by atoms with Crippen LogP contribution in [0.5, 0.6) is 0 Å². The summed E-state index contributed by atoms with van der Waals surface area (Å²) in [6.07, 6.45) is 0. The number of hydrogen-bond donors (Lipinski definition) is 2. The lowest BCUT2D eigenvalue weighted by molar-refractivity contribution is 0.0884. The molecule has 0 aromatic carbocycles. The van der Waals surface area contributed by atoms with Crippen molar-refractivity contribution in [3.05, 3.63) is 11.4 Å². The Kier molecular flexibility index (Phi) is 4.64. The van der Waals surface area contributed by atoms with Crippen LogP contribution in [0.25, 0.3) is 0 Å². The van der Waals surface area contributed by atoms with Crippen LogP contribution in [0, 0.1) is 6.92 Å². The van der Waals surface area contributed by atoms with Gasteiger partial charge in [-0.25, -0.2) is 9.97 Å². The van der Waals surface area contributed by atoms with Crippen molar-refractivity contribution in [3.8, 4) is 0 Å². The van der Waals surface area contributed by atoms with E-state index in [-0.39, 0.29) is 5.41 Å². The Labute approximate surface area is 122 Å². The topological polar surface area (TPSA) is 61.3 Å². The third-order valence-corrected chi connectivity index (χ3v) is 3.01. The lowest BCUT2D eigenvalue weighted by Gasteiger charge is -2.29. The Morgan fingerprint density at radius 3 is 2.10 bits per heavy atom. The highest BCUT2D eigenvalue weighted by Gasteiger charge is 2.24. The number of anilines is 2. The largest absolute Gasteiger partial charge is 0.389 e. The molecule has 114 valence electrons. The maximum atomic E-state index is 10.00. The molecule has 1 rings (SSSR count). The van der Waals surface area contributed by atoms with Crippen molar-refractivity contribution in [1.29, 1.82) is 0 Å². The van der Waals surface area contributed by atoms with Crippen LogP contribution >= 0.6 is 0 Å². The molecule has 20 heavy (non-hydrogen) atoms. The molecule has 1 aromatic rings. The first-order chi connectivity index (χ1) is 8.95. The summed E-state index contributed by atoms with van der Waals surface area (Å²) in [5, 5.41) is 13.1. The van der Waals surface area contributed by atoms with E-state index in [0.29, 0.717) is 6.54 Å². The van der Waals surface area contributed by atoms with Crippen molar-refractivity contribution in [3.63, 3.8) is 0 Å². The van der Waals surface area contributed by atoms with Crippen LogP contribution in [-0.4, -0.2) is 41.3 Å². The number of likely N-dealkylation sites (N-methyl/N-ethyl adjacent to an activating group) is 1. The van der Waals surface area contributed by atoms with E-state index in [1.165, 1.54) is 0 Å². The van der Waals surface area contributed by atoms with E-state index in [4.69, 9.17) is 4.98 Å². The predicted molar refractivity (Wildman–Crippen MR) is 84.6 cm³/mol. The number of hydrogen-bond acceptors (Lipinski definition) is 5. The van der Waals surface area contributed by atoms with Gasteiger partial charge < -0.3 is 15.3 Å². The number of aliphatic hydroxyl groups is 1. The SMILES string of the molecule is CNc1nc(C(C)(C)C)nc(N(C)CC(C)(C)O)c1C. The molecular formula is C15H28N4O. The molecule has 0 spiro atoms. The minimum Gasteiger partial charge on any atom is -0.389 e. The number of nitrogens with one attached hydrogen (secondary N) is 1. The highest BCUT2D eigenvalue weighted by Crippen LogP contribution is 2.28. The third-order valence-electron chi connectivity index (χ3n) is 3.01. The van der Waals surface area contributed by atoms with E-state index < -0.39 is 5.60 Å². The summed E-state index contributed by atoms with van der Waals surface area (Å²) in [6.45, 7) is 12.4. The first-order valence-corrected chi connectivity index (χ1v) is 6.96. The highest BCUT2D eigenvalue weighted by molar-refractivity contribution is 5.58. The van der Waals surface area contributed by atoms with Gasteiger partial charge >= 0.3 is 0 Å². The Morgan fingerprint density at radius 2 is 1.70 bits per heavy atom. The van der Waals surface area contributed by atoms with Gasteiger partial charge in [0.1, 0.15) is 17.5 Å². The van der Waals surface area contributed by atoms with E-state index >= 15 is 0 Å². The molecular weight excluding hydrogens is 252 g/mol. The molecule has 0 aliphatic carbocycles. The third kappa shape index (κ3) is 4.07. The van der Waals surface area contributed by atoms with Crippen LogP contribution in [-0.2, 0) is 5.41 Å². The molecule has 0 bridgehead atoms. The second kappa shape index (κ2) is 5.56. The number of rotatable bonds is 4. The van der Waals surface area contributed by atoms with Crippen molar-refractivity contribution >= 4 is 11.6 Å². The molecule has 0 aliphatic heterocycles. The van der Waals surface area contributed by atoms with E-state index in [1.807, 2.05) is 25.9 Å². The summed E-state index contributed by atoms with van der Waals surface area (Å²) in [5.41, 5.74) is 0.101.